The van der Waals surface area contributed by atoms with Gasteiger partial charge >= 0.3 is 0 Å². The fraction of sp³-hybridized carbons (Fsp3) is 0.733. The molecule has 0 bridgehead atoms. The number of carbonyl (C=O) groups excluding carboxylic acids is 1. The summed E-state index contributed by atoms with van der Waals surface area (Å²) in [6.07, 6.45) is 4.55. The molecule has 1 aliphatic heterocycles. The van der Waals surface area contributed by atoms with Gasteiger partial charge in [-0.15, -0.1) is 0 Å². The van der Waals surface area contributed by atoms with Crippen LogP contribution < -0.4 is 11.1 Å². The SMILES string of the molecule is CC(C)CNc1nc(N)c(C(=O)N2CCCCCC2C)s1. The lowest BCUT2D eigenvalue weighted by molar-refractivity contribution is 0.0703. The minimum Gasteiger partial charge on any atom is -0.382 e. The summed E-state index contributed by atoms with van der Waals surface area (Å²) in [5.41, 5.74) is 5.95. The average Bonchev–Trinajstić information content (AvgIpc) is 2.66. The molecule has 1 aromatic rings. The summed E-state index contributed by atoms with van der Waals surface area (Å²) >= 11 is 1.37. The van der Waals surface area contributed by atoms with Gasteiger partial charge in [0.2, 0.25) is 0 Å². The lowest BCUT2D eigenvalue weighted by Crippen LogP contribution is -2.38. The van der Waals surface area contributed by atoms with Gasteiger partial charge in [-0.05, 0) is 25.7 Å². The quantitative estimate of drug-likeness (QED) is 0.896. The van der Waals surface area contributed by atoms with E-state index in [4.69, 9.17) is 5.73 Å². The Morgan fingerprint density at radius 1 is 1.48 bits per heavy atom. The van der Waals surface area contributed by atoms with Gasteiger partial charge in [0.1, 0.15) is 10.7 Å². The first-order chi connectivity index (χ1) is 9.99. The van der Waals surface area contributed by atoms with Crippen molar-refractivity contribution in [3.05, 3.63) is 4.88 Å². The van der Waals surface area contributed by atoms with E-state index in [9.17, 15) is 4.79 Å². The van der Waals surface area contributed by atoms with Crippen molar-refractivity contribution in [1.82, 2.24) is 9.88 Å². The molecule has 1 aromatic heterocycles. The highest BCUT2D eigenvalue weighted by Gasteiger charge is 2.26. The number of hydrogen-bond acceptors (Lipinski definition) is 5. The van der Waals surface area contributed by atoms with E-state index in [1.165, 1.54) is 24.2 Å². The molecule has 1 amide bonds. The molecule has 2 rings (SSSR count). The third-order valence-electron chi connectivity index (χ3n) is 3.82. The fourth-order valence-corrected chi connectivity index (χ4v) is 3.41. The molecule has 118 valence electrons. The van der Waals surface area contributed by atoms with Crippen molar-refractivity contribution in [3.8, 4) is 0 Å². The Morgan fingerprint density at radius 2 is 2.24 bits per heavy atom. The lowest BCUT2D eigenvalue weighted by atomic mass is 10.1. The van der Waals surface area contributed by atoms with Crippen LogP contribution in [0.15, 0.2) is 0 Å². The number of anilines is 2. The summed E-state index contributed by atoms with van der Waals surface area (Å²) in [5.74, 6) is 0.921. The Bertz CT molecular complexity index is 486. The third kappa shape index (κ3) is 4.09. The number of carbonyl (C=O) groups is 1. The molecule has 0 saturated carbocycles. The Hall–Kier alpha value is -1.30. The second-order valence-electron chi connectivity index (χ2n) is 6.21. The van der Waals surface area contributed by atoms with E-state index in [1.807, 2.05) is 4.90 Å². The molecule has 1 atom stereocenters. The molecule has 0 spiro atoms. The predicted octanol–water partition coefficient (Wildman–Crippen LogP) is 3.20. The molecule has 1 aliphatic rings. The van der Waals surface area contributed by atoms with Crippen LogP contribution in [-0.2, 0) is 0 Å². The van der Waals surface area contributed by atoms with Crippen molar-refractivity contribution in [1.29, 1.82) is 0 Å². The van der Waals surface area contributed by atoms with Crippen LogP contribution in [0.4, 0.5) is 10.9 Å². The monoisotopic (exact) mass is 310 g/mol. The summed E-state index contributed by atoms with van der Waals surface area (Å²) in [5, 5.41) is 3.99. The molecule has 5 nitrogen and oxygen atoms in total. The van der Waals surface area contributed by atoms with Crippen LogP contribution in [0.2, 0.25) is 0 Å². The number of hydrogen-bond donors (Lipinski definition) is 2. The highest BCUT2D eigenvalue weighted by molar-refractivity contribution is 7.18. The van der Waals surface area contributed by atoms with Crippen LogP contribution in [-0.4, -0.2) is 34.9 Å². The number of nitrogens with two attached hydrogens (primary N) is 1. The van der Waals surface area contributed by atoms with Crippen LogP contribution in [0.3, 0.4) is 0 Å². The lowest BCUT2D eigenvalue weighted by Gasteiger charge is -2.26. The first kappa shape index (κ1) is 16.1. The third-order valence-corrected chi connectivity index (χ3v) is 4.84. The summed E-state index contributed by atoms with van der Waals surface area (Å²) < 4.78 is 0. The van der Waals surface area contributed by atoms with Gasteiger partial charge in [-0.25, -0.2) is 4.98 Å². The number of nitrogens with one attached hydrogen (secondary N) is 1. The number of amides is 1. The van der Waals surface area contributed by atoms with Crippen molar-refractivity contribution in [3.63, 3.8) is 0 Å². The molecule has 1 fully saturated rings. The maximum Gasteiger partial charge on any atom is 0.268 e. The van der Waals surface area contributed by atoms with Crippen molar-refractivity contribution in [2.24, 2.45) is 5.92 Å². The number of aromatic nitrogens is 1. The predicted molar refractivity (Wildman–Crippen MR) is 88.8 cm³/mol. The maximum absolute atomic E-state index is 12.7. The van der Waals surface area contributed by atoms with Gasteiger partial charge in [0.15, 0.2) is 5.13 Å². The largest absolute Gasteiger partial charge is 0.382 e. The molecule has 1 unspecified atom stereocenters. The van der Waals surface area contributed by atoms with E-state index in [2.05, 4.69) is 31.1 Å². The van der Waals surface area contributed by atoms with Gasteiger partial charge in [-0.3, -0.25) is 4.79 Å². The van der Waals surface area contributed by atoms with E-state index < -0.39 is 0 Å². The van der Waals surface area contributed by atoms with Crippen LogP contribution in [0.1, 0.15) is 56.1 Å². The zero-order valence-corrected chi connectivity index (χ0v) is 14.0. The van der Waals surface area contributed by atoms with E-state index in [0.717, 1.165) is 31.1 Å². The van der Waals surface area contributed by atoms with Crippen molar-refractivity contribution >= 4 is 28.2 Å². The molecule has 1 saturated heterocycles. The van der Waals surface area contributed by atoms with Crippen LogP contribution >= 0.6 is 11.3 Å². The Balaban J connectivity index is 2.10. The van der Waals surface area contributed by atoms with E-state index in [-0.39, 0.29) is 11.9 Å². The Morgan fingerprint density at radius 3 is 2.95 bits per heavy atom. The number of thiazole rings is 1. The van der Waals surface area contributed by atoms with Crippen LogP contribution in [0.5, 0.6) is 0 Å². The van der Waals surface area contributed by atoms with E-state index in [0.29, 0.717) is 16.6 Å². The Labute approximate surface area is 130 Å². The molecule has 21 heavy (non-hydrogen) atoms. The molecule has 0 radical (unpaired) electrons. The normalized spacial score (nSPS) is 19.6. The number of likely N-dealkylation sites (tertiary alicyclic amines) is 1. The first-order valence-corrected chi connectivity index (χ1v) is 8.61. The maximum atomic E-state index is 12.7. The van der Waals surface area contributed by atoms with Gasteiger partial charge in [0.05, 0.1) is 0 Å². The molecular formula is C15H26N4OS. The molecule has 0 aliphatic carbocycles. The van der Waals surface area contributed by atoms with Gasteiger partial charge in [-0.1, -0.05) is 38.0 Å². The van der Waals surface area contributed by atoms with Gasteiger partial charge in [0.25, 0.3) is 5.91 Å². The molecule has 3 N–H and O–H groups in total. The average molecular weight is 310 g/mol. The van der Waals surface area contributed by atoms with Crippen LogP contribution in [0, 0.1) is 5.92 Å². The number of nitrogens with zero attached hydrogens (tertiary/aromatic N) is 2. The van der Waals surface area contributed by atoms with E-state index >= 15 is 0 Å². The summed E-state index contributed by atoms with van der Waals surface area (Å²) in [7, 11) is 0. The zero-order valence-electron chi connectivity index (χ0n) is 13.2. The second kappa shape index (κ2) is 7.11. The summed E-state index contributed by atoms with van der Waals surface area (Å²) in [6, 6.07) is 0.286. The zero-order chi connectivity index (χ0) is 15.4. The topological polar surface area (TPSA) is 71.2 Å². The summed E-state index contributed by atoms with van der Waals surface area (Å²) in [4.78, 5) is 19.5. The highest BCUT2D eigenvalue weighted by atomic mass is 32.1. The van der Waals surface area contributed by atoms with Crippen LogP contribution in [0.25, 0.3) is 0 Å². The summed E-state index contributed by atoms with van der Waals surface area (Å²) in [6.45, 7) is 8.05. The van der Waals surface area contributed by atoms with Gasteiger partial charge < -0.3 is 16.0 Å². The fourth-order valence-electron chi connectivity index (χ4n) is 2.56. The first-order valence-electron chi connectivity index (χ1n) is 7.80. The Kier molecular flexibility index (Phi) is 5.45. The van der Waals surface area contributed by atoms with Gasteiger partial charge in [0, 0.05) is 19.1 Å². The van der Waals surface area contributed by atoms with E-state index in [1.54, 1.807) is 0 Å². The minimum absolute atomic E-state index is 0.0389. The standard InChI is InChI=1S/C15H26N4OS/c1-10(2)9-17-15-18-13(16)12(21-15)14(20)19-8-6-4-5-7-11(19)3/h10-11H,4-9,16H2,1-3H3,(H,17,18). The minimum atomic E-state index is 0.0389. The van der Waals surface area contributed by atoms with Crippen molar-refractivity contribution in [2.75, 3.05) is 24.1 Å². The van der Waals surface area contributed by atoms with Crippen molar-refractivity contribution < 1.29 is 4.79 Å². The highest BCUT2D eigenvalue weighted by Crippen LogP contribution is 2.28. The smallest absolute Gasteiger partial charge is 0.268 e. The molecule has 0 aromatic carbocycles. The number of nitrogen functional groups attached to an aromatic ring is 1. The molecule has 2 heterocycles. The van der Waals surface area contributed by atoms with Crippen molar-refractivity contribution in [2.45, 2.75) is 52.5 Å². The molecule has 6 heteroatoms. The van der Waals surface area contributed by atoms with Gasteiger partial charge in [-0.2, -0.15) is 0 Å². The second-order valence-corrected chi connectivity index (χ2v) is 7.20. The number of rotatable bonds is 4. The molecular weight excluding hydrogens is 284 g/mol.